The summed E-state index contributed by atoms with van der Waals surface area (Å²) >= 11 is 3.64. The van der Waals surface area contributed by atoms with Crippen LogP contribution in [0, 0.1) is 5.92 Å². The molecule has 1 fully saturated rings. The molecule has 0 spiro atoms. The summed E-state index contributed by atoms with van der Waals surface area (Å²) in [6.45, 7) is 1.00. The maximum Gasteiger partial charge on any atom is 0.175 e. The Morgan fingerprint density at radius 3 is 2.81 bits per heavy atom. The molecule has 5 nitrogen and oxygen atoms in total. The smallest absolute Gasteiger partial charge is 0.175 e. The molecule has 1 aromatic carbocycles. The molecule has 0 bridgehead atoms. The van der Waals surface area contributed by atoms with Gasteiger partial charge in [-0.15, -0.1) is 10.2 Å². The molecule has 0 amide bonds. The van der Waals surface area contributed by atoms with E-state index < -0.39 is 0 Å². The van der Waals surface area contributed by atoms with E-state index in [1.54, 1.807) is 0 Å². The average Bonchev–Trinajstić information content (AvgIpc) is 3.21. The van der Waals surface area contributed by atoms with Crippen LogP contribution in [-0.2, 0) is 19.9 Å². The van der Waals surface area contributed by atoms with Gasteiger partial charge in [-0.3, -0.25) is 0 Å². The Labute approximate surface area is 133 Å². The summed E-state index contributed by atoms with van der Waals surface area (Å²) < 4.78 is 1.17. The highest BCUT2D eigenvalue weighted by Gasteiger charge is 2.23. The first-order valence-electron chi connectivity index (χ1n) is 7.40. The third-order valence-electron chi connectivity index (χ3n) is 3.76. The molecule has 1 atom stereocenters. The van der Waals surface area contributed by atoms with Crippen molar-refractivity contribution in [3.8, 4) is 0 Å². The van der Waals surface area contributed by atoms with E-state index >= 15 is 0 Å². The topological polar surface area (TPSA) is 55.6 Å². The number of nitrogens with one attached hydrogen (secondary N) is 1. The predicted molar refractivity (Wildman–Crippen MR) is 84.9 cm³/mol. The Hall–Kier alpha value is -1.27. The van der Waals surface area contributed by atoms with Crippen molar-refractivity contribution in [3.05, 3.63) is 40.1 Å². The third kappa shape index (κ3) is 4.35. The lowest BCUT2D eigenvalue weighted by Crippen LogP contribution is -2.28. The van der Waals surface area contributed by atoms with Crippen LogP contribution < -0.4 is 5.32 Å². The Morgan fingerprint density at radius 2 is 2.14 bits per heavy atom. The number of hydrogen-bond acceptors (Lipinski definition) is 4. The van der Waals surface area contributed by atoms with E-state index in [1.807, 2.05) is 7.05 Å². The number of rotatable bonds is 7. The zero-order valence-electron chi connectivity index (χ0n) is 12.2. The molecule has 3 rings (SSSR count). The zero-order chi connectivity index (χ0) is 14.7. The summed E-state index contributed by atoms with van der Waals surface area (Å²) in [6.07, 6.45) is 4.49. The molecule has 2 aromatic rings. The molecule has 0 radical (unpaired) electrons. The predicted octanol–water partition coefficient (Wildman–Crippen LogP) is 2.13. The van der Waals surface area contributed by atoms with E-state index in [2.05, 4.69) is 60.9 Å². The molecule has 1 aliphatic rings. The van der Waals surface area contributed by atoms with Crippen LogP contribution in [0.5, 0.6) is 0 Å². The SMILES string of the molecule is Cn1nnc(CC(CNC2CC2)Cc2ccccc2Br)n1. The first-order chi connectivity index (χ1) is 10.2. The lowest BCUT2D eigenvalue weighted by atomic mass is 9.95. The molecule has 6 heteroatoms. The largest absolute Gasteiger partial charge is 0.314 e. The van der Waals surface area contributed by atoms with Crippen molar-refractivity contribution < 1.29 is 0 Å². The van der Waals surface area contributed by atoms with Gasteiger partial charge in [0, 0.05) is 16.9 Å². The van der Waals surface area contributed by atoms with Crippen molar-refractivity contribution in [3.63, 3.8) is 0 Å². The third-order valence-corrected chi connectivity index (χ3v) is 4.53. The molecule has 1 aromatic heterocycles. The van der Waals surface area contributed by atoms with Crippen LogP contribution in [0.4, 0.5) is 0 Å². The Bertz CT molecular complexity index is 593. The minimum absolute atomic E-state index is 0.480. The van der Waals surface area contributed by atoms with Crippen LogP contribution in [0.3, 0.4) is 0 Å². The van der Waals surface area contributed by atoms with Crippen molar-refractivity contribution in [2.45, 2.75) is 31.7 Å². The van der Waals surface area contributed by atoms with Crippen molar-refractivity contribution >= 4 is 15.9 Å². The van der Waals surface area contributed by atoms with Crippen LogP contribution in [-0.4, -0.2) is 32.8 Å². The molecule has 1 heterocycles. The fourth-order valence-corrected chi connectivity index (χ4v) is 2.92. The Kier molecular flexibility index (Phi) is 4.65. The number of hydrogen-bond donors (Lipinski definition) is 1. The van der Waals surface area contributed by atoms with Gasteiger partial charge in [-0.25, -0.2) is 0 Å². The first kappa shape index (κ1) is 14.7. The molecule has 1 aliphatic carbocycles. The quantitative estimate of drug-likeness (QED) is 0.831. The van der Waals surface area contributed by atoms with Gasteiger partial charge in [0.05, 0.1) is 7.05 Å². The van der Waals surface area contributed by atoms with E-state index in [-0.39, 0.29) is 0 Å². The Morgan fingerprint density at radius 1 is 1.33 bits per heavy atom. The number of aromatic nitrogens is 4. The number of halogens is 1. The second-order valence-corrected chi connectivity index (χ2v) is 6.60. The Balaban J connectivity index is 1.67. The van der Waals surface area contributed by atoms with Crippen molar-refractivity contribution in [2.75, 3.05) is 6.54 Å². The highest BCUT2D eigenvalue weighted by atomic mass is 79.9. The lowest BCUT2D eigenvalue weighted by Gasteiger charge is -2.17. The summed E-state index contributed by atoms with van der Waals surface area (Å²) in [4.78, 5) is 1.53. The number of benzene rings is 1. The second-order valence-electron chi connectivity index (χ2n) is 5.74. The van der Waals surface area contributed by atoms with Crippen LogP contribution in [0.2, 0.25) is 0 Å². The van der Waals surface area contributed by atoms with Crippen molar-refractivity contribution in [2.24, 2.45) is 13.0 Å². The van der Waals surface area contributed by atoms with Crippen molar-refractivity contribution in [1.82, 2.24) is 25.5 Å². The van der Waals surface area contributed by atoms with Gasteiger partial charge in [0.2, 0.25) is 0 Å². The van der Waals surface area contributed by atoms with E-state index in [1.165, 1.54) is 27.7 Å². The van der Waals surface area contributed by atoms with Gasteiger partial charge in [-0.1, -0.05) is 34.1 Å². The maximum atomic E-state index is 4.31. The van der Waals surface area contributed by atoms with Gasteiger partial charge in [0.15, 0.2) is 5.82 Å². The number of tetrazole rings is 1. The minimum atomic E-state index is 0.480. The monoisotopic (exact) mass is 349 g/mol. The van der Waals surface area contributed by atoms with Gasteiger partial charge in [0.25, 0.3) is 0 Å². The zero-order valence-corrected chi connectivity index (χ0v) is 13.8. The summed E-state index contributed by atoms with van der Waals surface area (Å²) in [7, 11) is 1.81. The lowest BCUT2D eigenvalue weighted by molar-refractivity contribution is 0.458. The first-order valence-corrected chi connectivity index (χ1v) is 8.19. The standard InChI is InChI=1S/C15H20BrN5/c1-21-19-15(18-20-21)9-11(10-17-13-6-7-13)8-12-4-2-3-5-14(12)16/h2-5,11,13,17H,6-10H2,1H3. The maximum absolute atomic E-state index is 4.31. The summed E-state index contributed by atoms with van der Waals surface area (Å²) in [5.74, 6) is 1.31. The number of nitrogens with zero attached hydrogens (tertiary/aromatic N) is 4. The molecule has 1 N–H and O–H groups in total. The summed E-state index contributed by atoms with van der Waals surface area (Å²) in [5.41, 5.74) is 1.34. The van der Waals surface area contributed by atoms with E-state index in [0.29, 0.717) is 5.92 Å². The minimum Gasteiger partial charge on any atom is -0.314 e. The highest BCUT2D eigenvalue weighted by molar-refractivity contribution is 9.10. The average molecular weight is 350 g/mol. The second kappa shape index (κ2) is 6.66. The highest BCUT2D eigenvalue weighted by Crippen LogP contribution is 2.23. The van der Waals surface area contributed by atoms with Gasteiger partial charge >= 0.3 is 0 Å². The fourth-order valence-electron chi connectivity index (χ4n) is 2.48. The van der Waals surface area contributed by atoms with E-state index in [9.17, 15) is 0 Å². The molecule has 1 unspecified atom stereocenters. The van der Waals surface area contributed by atoms with Gasteiger partial charge in [0.1, 0.15) is 0 Å². The van der Waals surface area contributed by atoms with E-state index in [0.717, 1.165) is 31.3 Å². The summed E-state index contributed by atoms with van der Waals surface area (Å²) in [5, 5.41) is 16.0. The molecule has 112 valence electrons. The number of aryl methyl sites for hydroxylation is 1. The van der Waals surface area contributed by atoms with E-state index in [4.69, 9.17) is 0 Å². The van der Waals surface area contributed by atoms with Crippen LogP contribution in [0.15, 0.2) is 28.7 Å². The molecular weight excluding hydrogens is 330 g/mol. The van der Waals surface area contributed by atoms with Gasteiger partial charge in [-0.2, -0.15) is 4.80 Å². The van der Waals surface area contributed by atoms with Crippen LogP contribution in [0.1, 0.15) is 24.2 Å². The normalized spacial score (nSPS) is 16.1. The van der Waals surface area contributed by atoms with Crippen LogP contribution >= 0.6 is 15.9 Å². The summed E-state index contributed by atoms with van der Waals surface area (Å²) in [6, 6.07) is 9.14. The van der Waals surface area contributed by atoms with Crippen LogP contribution in [0.25, 0.3) is 0 Å². The molecule has 0 saturated heterocycles. The molecule has 0 aliphatic heterocycles. The molecular formula is C15H20BrN5. The molecule has 21 heavy (non-hydrogen) atoms. The fraction of sp³-hybridized carbons (Fsp3) is 0.533. The molecule has 1 saturated carbocycles. The van der Waals surface area contributed by atoms with Crippen molar-refractivity contribution in [1.29, 1.82) is 0 Å². The van der Waals surface area contributed by atoms with Gasteiger partial charge in [-0.05, 0) is 48.6 Å². The van der Waals surface area contributed by atoms with Gasteiger partial charge < -0.3 is 5.32 Å².